The normalized spacial score (nSPS) is 11.0. The molecule has 0 atom stereocenters. The second-order valence-electron chi connectivity index (χ2n) is 4.69. The van der Waals surface area contributed by atoms with Gasteiger partial charge in [0, 0.05) is 31.2 Å². The van der Waals surface area contributed by atoms with Crippen molar-refractivity contribution in [2.75, 3.05) is 6.54 Å². The van der Waals surface area contributed by atoms with Crippen LogP contribution >= 0.6 is 0 Å². The Morgan fingerprint density at radius 1 is 1.30 bits per heavy atom. The summed E-state index contributed by atoms with van der Waals surface area (Å²) >= 11 is 0. The Morgan fingerprint density at radius 2 is 2.26 bits per heavy atom. The second kappa shape index (κ2) is 7.17. The van der Waals surface area contributed by atoms with Crippen LogP contribution < -0.4 is 5.32 Å². The fraction of sp³-hybridized carbons (Fsp3) is 0.125. The van der Waals surface area contributed by atoms with E-state index in [9.17, 15) is 4.79 Å². The Morgan fingerprint density at radius 3 is 3.04 bits per heavy atom. The standard InChI is InChI=1S/C16H15N5O2/c22-16(4-3-13-2-1-11-23-13)19-8-10-21-9-5-14(20-21)15-12-17-6-7-18-15/h1-7,9,11-12H,8,10H2,(H,19,22). The van der Waals surface area contributed by atoms with Gasteiger partial charge in [-0.25, -0.2) is 0 Å². The van der Waals surface area contributed by atoms with Crippen LogP contribution in [0.3, 0.4) is 0 Å². The minimum absolute atomic E-state index is 0.178. The second-order valence-corrected chi connectivity index (χ2v) is 4.69. The Balaban J connectivity index is 1.48. The molecular formula is C16H15N5O2. The van der Waals surface area contributed by atoms with Crippen LogP contribution in [0.5, 0.6) is 0 Å². The number of nitrogens with one attached hydrogen (secondary N) is 1. The average molecular weight is 309 g/mol. The van der Waals surface area contributed by atoms with Crippen molar-refractivity contribution in [3.05, 3.63) is 61.1 Å². The lowest BCUT2D eigenvalue weighted by Gasteiger charge is -2.02. The number of hydrogen-bond acceptors (Lipinski definition) is 5. The molecule has 0 aliphatic carbocycles. The zero-order valence-corrected chi connectivity index (χ0v) is 12.3. The number of amides is 1. The lowest BCUT2D eigenvalue weighted by atomic mass is 10.3. The van der Waals surface area contributed by atoms with Crippen molar-refractivity contribution in [2.24, 2.45) is 0 Å². The fourth-order valence-electron chi connectivity index (χ4n) is 1.95. The van der Waals surface area contributed by atoms with Gasteiger partial charge >= 0.3 is 0 Å². The molecule has 7 heteroatoms. The van der Waals surface area contributed by atoms with E-state index in [-0.39, 0.29) is 5.91 Å². The predicted molar refractivity (Wildman–Crippen MR) is 84.0 cm³/mol. The number of furan rings is 1. The fourth-order valence-corrected chi connectivity index (χ4v) is 1.95. The molecule has 0 spiro atoms. The number of carbonyl (C=O) groups excluding carboxylic acids is 1. The third kappa shape index (κ3) is 4.13. The molecular weight excluding hydrogens is 294 g/mol. The zero-order valence-electron chi connectivity index (χ0n) is 12.3. The van der Waals surface area contributed by atoms with Crippen LogP contribution in [0.25, 0.3) is 17.5 Å². The summed E-state index contributed by atoms with van der Waals surface area (Å²) in [5.74, 6) is 0.462. The van der Waals surface area contributed by atoms with Crippen molar-refractivity contribution in [3.63, 3.8) is 0 Å². The van der Waals surface area contributed by atoms with Gasteiger partial charge in [-0.1, -0.05) is 0 Å². The van der Waals surface area contributed by atoms with E-state index in [1.807, 2.05) is 12.3 Å². The molecule has 0 aliphatic rings. The first-order chi connectivity index (χ1) is 11.3. The van der Waals surface area contributed by atoms with Crippen molar-refractivity contribution in [1.82, 2.24) is 25.1 Å². The molecule has 0 aromatic carbocycles. The van der Waals surface area contributed by atoms with Crippen LogP contribution in [-0.2, 0) is 11.3 Å². The Labute approximate surface area is 132 Å². The third-order valence-electron chi connectivity index (χ3n) is 3.05. The molecule has 0 radical (unpaired) electrons. The molecule has 0 aliphatic heterocycles. The first-order valence-corrected chi connectivity index (χ1v) is 7.10. The lowest BCUT2D eigenvalue weighted by molar-refractivity contribution is -0.116. The van der Waals surface area contributed by atoms with Crippen molar-refractivity contribution < 1.29 is 9.21 Å². The van der Waals surface area contributed by atoms with Crippen LogP contribution in [0.2, 0.25) is 0 Å². The van der Waals surface area contributed by atoms with Crippen LogP contribution in [-0.4, -0.2) is 32.2 Å². The minimum atomic E-state index is -0.178. The van der Waals surface area contributed by atoms with E-state index in [0.29, 0.717) is 18.8 Å². The van der Waals surface area contributed by atoms with Crippen LogP contribution in [0.1, 0.15) is 5.76 Å². The molecule has 3 aromatic rings. The highest BCUT2D eigenvalue weighted by Gasteiger charge is 2.03. The molecule has 3 rings (SSSR count). The van der Waals surface area contributed by atoms with Gasteiger partial charge in [-0.05, 0) is 24.3 Å². The predicted octanol–water partition coefficient (Wildman–Crippen LogP) is 1.76. The van der Waals surface area contributed by atoms with Crippen LogP contribution in [0, 0.1) is 0 Å². The topological polar surface area (TPSA) is 85.8 Å². The molecule has 0 saturated heterocycles. The Bertz CT molecular complexity index is 778. The molecule has 1 amide bonds. The highest BCUT2D eigenvalue weighted by Crippen LogP contribution is 2.11. The van der Waals surface area contributed by atoms with Crippen molar-refractivity contribution in [1.29, 1.82) is 0 Å². The van der Waals surface area contributed by atoms with Crippen molar-refractivity contribution in [2.45, 2.75) is 6.54 Å². The highest BCUT2D eigenvalue weighted by atomic mass is 16.3. The maximum absolute atomic E-state index is 11.7. The van der Waals surface area contributed by atoms with E-state index in [1.54, 1.807) is 47.7 Å². The highest BCUT2D eigenvalue weighted by molar-refractivity contribution is 5.91. The molecule has 3 heterocycles. The van der Waals surface area contributed by atoms with Gasteiger partial charge in [-0.2, -0.15) is 5.10 Å². The van der Waals surface area contributed by atoms with Crippen molar-refractivity contribution in [3.8, 4) is 11.4 Å². The Hall–Kier alpha value is -3.22. The summed E-state index contributed by atoms with van der Waals surface area (Å²) in [7, 11) is 0. The van der Waals surface area contributed by atoms with Gasteiger partial charge in [0.05, 0.1) is 19.0 Å². The molecule has 1 N–H and O–H groups in total. The molecule has 7 nitrogen and oxygen atoms in total. The van der Waals surface area contributed by atoms with Crippen molar-refractivity contribution >= 4 is 12.0 Å². The maximum Gasteiger partial charge on any atom is 0.244 e. The van der Waals surface area contributed by atoms with E-state index in [2.05, 4.69) is 20.4 Å². The molecule has 23 heavy (non-hydrogen) atoms. The van der Waals surface area contributed by atoms with Gasteiger partial charge in [0.2, 0.25) is 5.91 Å². The first kappa shape index (κ1) is 14.7. The van der Waals surface area contributed by atoms with E-state index < -0.39 is 0 Å². The van der Waals surface area contributed by atoms with E-state index >= 15 is 0 Å². The smallest absolute Gasteiger partial charge is 0.244 e. The van der Waals surface area contributed by atoms with Crippen LogP contribution in [0.15, 0.2) is 59.7 Å². The third-order valence-corrected chi connectivity index (χ3v) is 3.05. The van der Waals surface area contributed by atoms with Gasteiger partial charge < -0.3 is 9.73 Å². The number of hydrogen-bond donors (Lipinski definition) is 1. The van der Waals surface area contributed by atoms with Gasteiger partial charge in [0.25, 0.3) is 0 Å². The van der Waals surface area contributed by atoms with Gasteiger partial charge in [0.15, 0.2) is 0 Å². The number of carbonyl (C=O) groups is 1. The van der Waals surface area contributed by atoms with Gasteiger partial charge in [0.1, 0.15) is 17.1 Å². The molecule has 116 valence electrons. The number of rotatable bonds is 6. The number of aromatic nitrogens is 4. The average Bonchev–Trinajstić information content (AvgIpc) is 3.26. The summed E-state index contributed by atoms with van der Waals surface area (Å²) in [6.07, 6.45) is 11.4. The Kier molecular flexibility index (Phi) is 4.58. The molecule has 0 fully saturated rings. The molecule has 0 bridgehead atoms. The van der Waals surface area contributed by atoms with E-state index in [4.69, 9.17) is 4.42 Å². The monoisotopic (exact) mass is 309 g/mol. The van der Waals surface area contributed by atoms with Crippen LogP contribution in [0.4, 0.5) is 0 Å². The quantitative estimate of drug-likeness (QED) is 0.701. The zero-order chi connectivity index (χ0) is 15.9. The first-order valence-electron chi connectivity index (χ1n) is 7.10. The summed E-state index contributed by atoms with van der Waals surface area (Å²) in [5.41, 5.74) is 1.47. The molecule has 0 saturated carbocycles. The maximum atomic E-state index is 11.7. The minimum Gasteiger partial charge on any atom is -0.465 e. The van der Waals surface area contributed by atoms with Gasteiger partial charge in [-0.3, -0.25) is 19.4 Å². The lowest BCUT2D eigenvalue weighted by Crippen LogP contribution is -2.25. The largest absolute Gasteiger partial charge is 0.465 e. The summed E-state index contributed by atoms with van der Waals surface area (Å²) in [6, 6.07) is 5.41. The summed E-state index contributed by atoms with van der Waals surface area (Å²) in [6.45, 7) is 1.05. The van der Waals surface area contributed by atoms with Gasteiger partial charge in [-0.15, -0.1) is 0 Å². The molecule has 0 unspecified atom stereocenters. The van der Waals surface area contributed by atoms with E-state index in [1.165, 1.54) is 6.08 Å². The SMILES string of the molecule is O=C(C=Cc1ccco1)NCCn1ccc(-c2cnccn2)n1. The molecule has 3 aromatic heterocycles. The van der Waals surface area contributed by atoms with E-state index in [0.717, 1.165) is 11.4 Å². The number of nitrogens with zero attached hydrogens (tertiary/aromatic N) is 4. The summed E-state index contributed by atoms with van der Waals surface area (Å²) in [5, 5.41) is 7.18. The summed E-state index contributed by atoms with van der Waals surface area (Å²) < 4.78 is 6.86. The summed E-state index contributed by atoms with van der Waals surface area (Å²) in [4.78, 5) is 19.9.